The minimum absolute atomic E-state index is 0.0969. The van der Waals surface area contributed by atoms with E-state index in [2.05, 4.69) is 44.6 Å². The first-order valence-electron chi connectivity index (χ1n) is 17.3. The van der Waals surface area contributed by atoms with Gasteiger partial charge in [0.25, 0.3) is 0 Å². The third-order valence-corrected chi connectivity index (χ3v) is 8.29. The topological polar surface area (TPSA) is 261 Å². The molecule has 1 fully saturated rings. The molecule has 298 valence electrons. The molecule has 5 rings (SSSR count). The molecule has 1 unspecified atom stereocenters. The number of rotatable bonds is 15. The number of β-amino-alcohol motifs (C(OH)–C–C–N with tert-alkyl or cyclic N) is 1. The molecule has 1 aliphatic heterocycles. The predicted octanol–water partition coefficient (Wildman–Crippen LogP) is 3.56. The lowest BCUT2D eigenvalue weighted by atomic mass is 9.90. The van der Waals surface area contributed by atoms with Gasteiger partial charge >= 0.3 is 29.8 Å². The largest absolute Gasteiger partial charge is 0.481 e. The van der Waals surface area contributed by atoms with E-state index in [4.69, 9.17) is 25.2 Å². The number of carboxylic acids is 5. The van der Waals surface area contributed by atoms with Gasteiger partial charge in [0.05, 0.1) is 24.1 Å². The van der Waals surface area contributed by atoms with Crippen LogP contribution in [0.3, 0.4) is 0 Å². The van der Waals surface area contributed by atoms with Crippen LogP contribution in [0.2, 0.25) is 0 Å². The van der Waals surface area contributed by atoms with Crippen molar-refractivity contribution in [2.75, 3.05) is 31.5 Å². The summed E-state index contributed by atoms with van der Waals surface area (Å²) in [6.07, 6.45) is 5.17. The number of fused-ring (bicyclic) bond motifs is 1. The first-order valence-corrected chi connectivity index (χ1v) is 17.3. The van der Waals surface area contributed by atoms with E-state index in [1.807, 2.05) is 36.4 Å². The fraction of sp³-hybridized carbons (Fsp3) is 0.308. The first kappa shape index (κ1) is 44.0. The fourth-order valence-electron chi connectivity index (χ4n) is 5.28. The normalized spacial score (nSPS) is 14.1. The number of carbonyl (C=O) groups is 5. The SMILES string of the molecule is CC(C)(C(=O)O)c1cn2nc(NCC(O)CN3CCC(OC(c4ccccc4)c4ccccc4)CC3)ccc2n1.O=C(O)/C=C/C(=O)O.O=C(O)/C=C/C(=O)O. The van der Waals surface area contributed by atoms with Crippen LogP contribution in [-0.4, -0.2) is 118 Å². The zero-order valence-corrected chi connectivity index (χ0v) is 30.7. The van der Waals surface area contributed by atoms with Crippen LogP contribution in [0.4, 0.5) is 5.82 Å². The van der Waals surface area contributed by atoms with Crippen molar-refractivity contribution in [3.8, 4) is 0 Å². The van der Waals surface area contributed by atoms with Gasteiger partial charge in [-0.15, -0.1) is 5.10 Å². The lowest BCUT2D eigenvalue weighted by Crippen LogP contribution is -2.43. The Morgan fingerprint density at radius 3 is 1.71 bits per heavy atom. The van der Waals surface area contributed by atoms with Gasteiger partial charge in [-0.05, 0) is 49.9 Å². The third kappa shape index (κ3) is 14.8. The van der Waals surface area contributed by atoms with E-state index in [9.17, 15) is 34.2 Å². The zero-order valence-electron chi connectivity index (χ0n) is 30.7. The average Bonchev–Trinajstić information content (AvgIpc) is 3.61. The molecule has 3 heterocycles. The Bertz CT molecular complexity index is 1870. The van der Waals surface area contributed by atoms with Gasteiger partial charge in [-0.1, -0.05) is 60.7 Å². The van der Waals surface area contributed by atoms with E-state index in [1.165, 1.54) is 0 Å². The third-order valence-electron chi connectivity index (χ3n) is 8.29. The summed E-state index contributed by atoms with van der Waals surface area (Å²) >= 11 is 0. The summed E-state index contributed by atoms with van der Waals surface area (Å²) in [5.41, 5.74) is 2.21. The number of hydrogen-bond acceptors (Lipinski definition) is 11. The number of piperidine rings is 1. The second-order valence-electron chi connectivity index (χ2n) is 13.0. The lowest BCUT2D eigenvalue weighted by Gasteiger charge is -2.35. The molecule has 17 heteroatoms. The second kappa shape index (κ2) is 21.5. The maximum Gasteiger partial charge on any atom is 0.328 e. The van der Waals surface area contributed by atoms with Crippen LogP contribution in [-0.2, 0) is 34.1 Å². The highest BCUT2D eigenvalue weighted by Gasteiger charge is 2.32. The Morgan fingerprint density at radius 1 is 0.786 bits per heavy atom. The Kier molecular flexibility index (Phi) is 16.8. The predicted molar refractivity (Wildman–Crippen MR) is 202 cm³/mol. The molecule has 1 saturated heterocycles. The van der Waals surface area contributed by atoms with Gasteiger partial charge in [0.15, 0.2) is 5.65 Å². The van der Waals surface area contributed by atoms with Crippen LogP contribution in [0.25, 0.3) is 5.65 Å². The van der Waals surface area contributed by atoms with Gasteiger partial charge < -0.3 is 45.6 Å². The molecule has 56 heavy (non-hydrogen) atoms. The van der Waals surface area contributed by atoms with Gasteiger partial charge in [0, 0.05) is 50.5 Å². The number of nitrogens with zero attached hydrogens (tertiary/aromatic N) is 4. The number of benzene rings is 2. The molecule has 1 aliphatic rings. The van der Waals surface area contributed by atoms with E-state index in [0.29, 0.717) is 54.6 Å². The minimum Gasteiger partial charge on any atom is -0.481 e. The summed E-state index contributed by atoms with van der Waals surface area (Å²) in [5.74, 6) is -5.39. The van der Waals surface area contributed by atoms with Crippen molar-refractivity contribution in [1.29, 1.82) is 0 Å². The van der Waals surface area contributed by atoms with Crippen molar-refractivity contribution >= 4 is 41.3 Å². The summed E-state index contributed by atoms with van der Waals surface area (Å²) in [6, 6.07) is 24.3. The molecule has 0 saturated carbocycles. The first-order chi connectivity index (χ1) is 26.5. The number of aromatic nitrogens is 3. The van der Waals surface area contributed by atoms with E-state index in [-0.39, 0.29) is 12.2 Å². The number of imidazole rings is 1. The summed E-state index contributed by atoms with van der Waals surface area (Å²) < 4.78 is 8.21. The van der Waals surface area contributed by atoms with Crippen molar-refractivity contribution in [3.05, 3.63) is 120 Å². The van der Waals surface area contributed by atoms with Crippen LogP contribution >= 0.6 is 0 Å². The summed E-state index contributed by atoms with van der Waals surface area (Å²) in [5, 5.41) is 59.1. The molecular formula is C39H45N5O12. The number of nitrogens with one attached hydrogen (secondary N) is 1. The molecule has 0 spiro atoms. The summed E-state index contributed by atoms with van der Waals surface area (Å²) in [4.78, 5) is 56.5. The van der Waals surface area contributed by atoms with Crippen molar-refractivity contribution in [3.63, 3.8) is 0 Å². The smallest absolute Gasteiger partial charge is 0.328 e. The van der Waals surface area contributed by atoms with Crippen molar-refractivity contribution in [2.24, 2.45) is 0 Å². The number of ether oxygens (including phenoxy) is 1. The number of aliphatic hydroxyl groups is 1. The van der Waals surface area contributed by atoms with Crippen LogP contribution in [0, 0.1) is 0 Å². The molecule has 2 aromatic heterocycles. The standard InChI is InChI=1S/C31H37N5O4.2C4H4O4/c1-31(2,30(38)39)26-21-36-28(33-26)14-13-27(34-36)32-19-24(37)20-35-17-15-25(16-18-35)40-29(22-9-5-3-6-10-22)23-11-7-4-8-12-23;2*5-3(6)1-2-4(7)8/h3-14,21,24-25,29,37H,15-20H2,1-2H3,(H,32,34)(H,38,39);2*1-2H,(H,5,6)(H,7,8)/b;2*2-1+. The number of likely N-dealkylation sites (tertiary alicyclic amines) is 1. The van der Waals surface area contributed by atoms with E-state index < -0.39 is 41.4 Å². The molecule has 0 amide bonds. The van der Waals surface area contributed by atoms with Gasteiger partial charge in [0.1, 0.15) is 17.3 Å². The lowest BCUT2D eigenvalue weighted by molar-refractivity contribution is -0.142. The highest BCUT2D eigenvalue weighted by atomic mass is 16.5. The van der Waals surface area contributed by atoms with Crippen LogP contribution in [0.1, 0.15) is 49.6 Å². The molecule has 17 nitrogen and oxygen atoms in total. The van der Waals surface area contributed by atoms with Gasteiger partial charge in [-0.2, -0.15) is 0 Å². The molecule has 1 atom stereocenters. The Morgan fingerprint density at radius 2 is 1.27 bits per heavy atom. The summed E-state index contributed by atoms with van der Waals surface area (Å²) in [7, 11) is 0. The van der Waals surface area contributed by atoms with Gasteiger partial charge in [0.2, 0.25) is 0 Å². The quantitative estimate of drug-likeness (QED) is 0.0852. The Hall–Kier alpha value is -6.43. The molecule has 2 aromatic carbocycles. The monoisotopic (exact) mass is 775 g/mol. The Labute approximate surface area is 321 Å². The molecule has 0 radical (unpaired) electrons. The average molecular weight is 776 g/mol. The zero-order chi connectivity index (χ0) is 41.3. The molecule has 4 aromatic rings. The van der Waals surface area contributed by atoms with Gasteiger partial charge in [-0.25, -0.2) is 28.7 Å². The highest BCUT2D eigenvalue weighted by molar-refractivity contribution is 5.90. The number of hydrogen-bond donors (Lipinski definition) is 7. The van der Waals surface area contributed by atoms with Crippen molar-refractivity contribution < 1.29 is 59.3 Å². The van der Waals surface area contributed by atoms with Crippen LogP contribution in [0.15, 0.2) is 103 Å². The molecule has 0 bridgehead atoms. The minimum atomic E-state index is -1.26. The Balaban J connectivity index is 0.000000441. The number of anilines is 1. The molecular weight excluding hydrogens is 730 g/mol. The highest BCUT2D eigenvalue weighted by Crippen LogP contribution is 2.30. The van der Waals surface area contributed by atoms with E-state index >= 15 is 0 Å². The second-order valence-corrected chi connectivity index (χ2v) is 13.0. The number of aliphatic hydroxyl groups excluding tert-OH is 1. The number of carboxylic acid groups (broad SMARTS) is 5. The molecule has 7 N–H and O–H groups in total. The number of aliphatic carboxylic acids is 5. The molecule has 0 aliphatic carbocycles. The van der Waals surface area contributed by atoms with Gasteiger partial charge in [-0.3, -0.25) is 4.79 Å². The van der Waals surface area contributed by atoms with Crippen molar-refractivity contribution in [2.45, 2.75) is 50.4 Å². The maximum absolute atomic E-state index is 11.6. The maximum atomic E-state index is 11.6. The fourth-order valence-corrected chi connectivity index (χ4v) is 5.28. The van der Waals surface area contributed by atoms with Crippen LogP contribution in [0.5, 0.6) is 0 Å². The van der Waals surface area contributed by atoms with Crippen LogP contribution < -0.4 is 5.32 Å². The summed E-state index contributed by atoms with van der Waals surface area (Å²) in [6.45, 7) is 5.86. The van der Waals surface area contributed by atoms with E-state index in [1.54, 1.807) is 36.7 Å². The van der Waals surface area contributed by atoms with E-state index in [0.717, 1.165) is 37.1 Å². The van der Waals surface area contributed by atoms with Crippen molar-refractivity contribution in [1.82, 2.24) is 19.5 Å².